The maximum atomic E-state index is 14.2. The molecule has 31 heavy (non-hydrogen) atoms. The van der Waals surface area contributed by atoms with E-state index in [0.29, 0.717) is 18.2 Å². The summed E-state index contributed by atoms with van der Waals surface area (Å²) in [5, 5.41) is 19.3. The van der Waals surface area contributed by atoms with Crippen molar-refractivity contribution < 1.29 is 26.9 Å². The lowest BCUT2D eigenvalue weighted by Crippen LogP contribution is -2.42. The van der Waals surface area contributed by atoms with Gasteiger partial charge in [0.2, 0.25) is 20.9 Å². The molecule has 0 saturated carbocycles. The molecule has 0 aliphatic carbocycles. The number of anilines is 1. The number of ether oxygens (including phenoxy) is 1. The molecular formula is C18H17F2N5O5S. The van der Waals surface area contributed by atoms with E-state index in [2.05, 4.69) is 9.97 Å². The molecule has 1 aromatic carbocycles. The molecule has 0 bridgehead atoms. The Labute approximate surface area is 176 Å². The van der Waals surface area contributed by atoms with E-state index in [0.717, 1.165) is 0 Å². The highest BCUT2D eigenvalue weighted by molar-refractivity contribution is 7.92. The molecule has 1 saturated heterocycles. The third-order valence-corrected chi connectivity index (χ3v) is 6.48. The third kappa shape index (κ3) is 4.30. The Bertz CT molecular complexity index is 1180. The molecule has 2 aromatic rings. The Morgan fingerprint density at radius 2 is 2.10 bits per heavy atom. The van der Waals surface area contributed by atoms with Gasteiger partial charge in [-0.15, -0.1) is 0 Å². The molecule has 0 spiro atoms. The van der Waals surface area contributed by atoms with Crippen molar-refractivity contribution in [1.29, 1.82) is 5.26 Å². The van der Waals surface area contributed by atoms with Gasteiger partial charge in [-0.3, -0.25) is 10.1 Å². The van der Waals surface area contributed by atoms with Crippen LogP contribution in [0.1, 0.15) is 23.7 Å². The van der Waals surface area contributed by atoms with Gasteiger partial charge < -0.3 is 9.64 Å². The fourth-order valence-corrected chi connectivity index (χ4v) is 4.73. The number of sulfone groups is 1. The first kappa shape index (κ1) is 22.4. The van der Waals surface area contributed by atoms with Crippen molar-refractivity contribution >= 4 is 21.3 Å². The van der Waals surface area contributed by atoms with Crippen LogP contribution in [0.2, 0.25) is 0 Å². The molecule has 0 radical (unpaired) electrons. The third-order valence-electron chi connectivity index (χ3n) is 4.60. The first-order chi connectivity index (χ1) is 14.6. The summed E-state index contributed by atoms with van der Waals surface area (Å²) >= 11 is 0. The molecule has 164 valence electrons. The van der Waals surface area contributed by atoms with Gasteiger partial charge in [0.25, 0.3) is 0 Å². The van der Waals surface area contributed by atoms with E-state index in [4.69, 9.17) is 4.74 Å². The van der Waals surface area contributed by atoms with Crippen LogP contribution in [0.5, 0.6) is 0 Å². The zero-order valence-corrected chi connectivity index (χ0v) is 17.3. The minimum Gasteiger partial charge on any atom is -0.375 e. The normalized spacial score (nSPS) is 17.8. The van der Waals surface area contributed by atoms with Crippen molar-refractivity contribution in [2.45, 2.75) is 30.1 Å². The van der Waals surface area contributed by atoms with Gasteiger partial charge in [0.15, 0.2) is 5.69 Å². The maximum absolute atomic E-state index is 14.2. The van der Waals surface area contributed by atoms with Gasteiger partial charge in [-0.05, 0) is 32.0 Å². The van der Waals surface area contributed by atoms with Crippen molar-refractivity contribution in [2.75, 3.05) is 24.6 Å². The van der Waals surface area contributed by atoms with Crippen LogP contribution in [0.4, 0.5) is 20.3 Å². The van der Waals surface area contributed by atoms with Gasteiger partial charge >= 0.3 is 5.69 Å². The zero-order chi connectivity index (χ0) is 22.9. The summed E-state index contributed by atoms with van der Waals surface area (Å²) in [7, 11) is -4.90. The number of aryl methyl sites for hydroxylation is 1. The molecule has 2 heterocycles. The second-order valence-electron chi connectivity index (χ2n) is 6.84. The molecule has 1 aromatic heterocycles. The van der Waals surface area contributed by atoms with E-state index in [1.807, 2.05) is 0 Å². The van der Waals surface area contributed by atoms with Gasteiger partial charge in [-0.1, -0.05) is 0 Å². The average molecular weight is 453 g/mol. The maximum Gasteiger partial charge on any atom is 0.335 e. The summed E-state index contributed by atoms with van der Waals surface area (Å²) in [5.74, 6) is -2.53. The van der Waals surface area contributed by atoms with E-state index in [1.54, 1.807) is 6.92 Å². The number of nitrogens with zero attached hydrogens (tertiary/aromatic N) is 5. The van der Waals surface area contributed by atoms with Crippen molar-refractivity contribution in [2.24, 2.45) is 0 Å². The highest BCUT2D eigenvalue weighted by Gasteiger charge is 2.41. The molecule has 0 amide bonds. The van der Waals surface area contributed by atoms with E-state index in [-0.39, 0.29) is 37.4 Å². The van der Waals surface area contributed by atoms with Crippen LogP contribution in [0.3, 0.4) is 0 Å². The van der Waals surface area contributed by atoms with E-state index in [9.17, 15) is 32.6 Å². The van der Waals surface area contributed by atoms with Crippen molar-refractivity contribution in [3.8, 4) is 6.07 Å². The lowest BCUT2D eigenvalue weighted by Gasteiger charge is -2.32. The number of hydrogen-bond donors (Lipinski definition) is 0. The first-order valence-electron chi connectivity index (χ1n) is 9.04. The van der Waals surface area contributed by atoms with Gasteiger partial charge in [0.05, 0.1) is 23.7 Å². The topological polar surface area (TPSA) is 139 Å². The van der Waals surface area contributed by atoms with Gasteiger partial charge in [-0.25, -0.2) is 27.2 Å². The molecule has 1 fully saturated rings. The number of halogens is 2. The summed E-state index contributed by atoms with van der Waals surface area (Å²) in [6, 6.07) is 3.17. The van der Waals surface area contributed by atoms with Crippen LogP contribution in [-0.2, 0) is 14.6 Å². The molecule has 3 rings (SSSR count). The summed E-state index contributed by atoms with van der Waals surface area (Å²) < 4.78 is 59.2. The van der Waals surface area contributed by atoms with Crippen LogP contribution in [0.25, 0.3) is 0 Å². The minimum atomic E-state index is -4.90. The Morgan fingerprint density at radius 3 is 2.71 bits per heavy atom. The number of aromatic nitrogens is 2. The van der Waals surface area contributed by atoms with Gasteiger partial charge in [0, 0.05) is 13.1 Å². The molecular weight excluding hydrogens is 436 g/mol. The number of morpholine rings is 1. The summed E-state index contributed by atoms with van der Waals surface area (Å²) in [4.78, 5) is 19.4. The fraction of sp³-hybridized carbons (Fsp3) is 0.389. The number of hydrogen-bond acceptors (Lipinski definition) is 9. The first-order valence-corrected chi connectivity index (χ1v) is 10.6. The molecule has 0 N–H and O–H groups in total. The van der Waals surface area contributed by atoms with Crippen LogP contribution in [-0.4, -0.2) is 49.1 Å². The quantitative estimate of drug-likeness (QED) is 0.492. The number of nitriles is 1. The second-order valence-corrected chi connectivity index (χ2v) is 8.84. The van der Waals surface area contributed by atoms with Crippen molar-refractivity contribution in [1.82, 2.24) is 9.97 Å². The summed E-state index contributed by atoms with van der Waals surface area (Å²) in [5.41, 5.74) is -1.50. The Kier molecular flexibility index (Phi) is 6.14. The smallest absolute Gasteiger partial charge is 0.335 e. The SMILES string of the molecule is Cc1nc(C(C#N)S(=O)(=O)c2cc(F)ccc2F)c([N+](=O)[O-])c(N2CCOC(C)C2)n1. The highest BCUT2D eigenvalue weighted by Crippen LogP contribution is 2.38. The molecule has 13 heteroatoms. The highest BCUT2D eigenvalue weighted by atomic mass is 32.2. The van der Waals surface area contributed by atoms with Crippen molar-refractivity contribution in [3.05, 3.63) is 51.5 Å². The molecule has 1 aliphatic heterocycles. The second kappa shape index (κ2) is 8.48. The van der Waals surface area contributed by atoms with Gasteiger partial charge in [0.1, 0.15) is 22.4 Å². The molecule has 10 nitrogen and oxygen atoms in total. The number of benzene rings is 1. The average Bonchev–Trinajstić information content (AvgIpc) is 2.69. The zero-order valence-electron chi connectivity index (χ0n) is 16.4. The van der Waals surface area contributed by atoms with Crippen LogP contribution < -0.4 is 4.90 Å². The number of rotatable bonds is 5. The van der Waals surface area contributed by atoms with Gasteiger partial charge in [-0.2, -0.15) is 5.26 Å². The van der Waals surface area contributed by atoms with Crippen LogP contribution >= 0.6 is 0 Å². The predicted octanol–water partition coefficient (Wildman–Crippen LogP) is 2.24. The molecule has 2 atom stereocenters. The summed E-state index contributed by atoms with van der Waals surface area (Å²) in [6.45, 7) is 3.86. The Hall–Kier alpha value is -3.24. The largest absolute Gasteiger partial charge is 0.375 e. The van der Waals surface area contributed by atoms with E-state index < -0.39 is 47.9 Å². The van der Waals surface area contributed by atoms with Crippen LogP contribution in [0, 0.1) is 40.0 Å². The fourth-order valence-electron chi connectivity index (χ4n) is 3.26. The Morgan fingerprint density at radius 1 is 1.39 bits per heavy atom. The van der Waals surface area contributed by atoms with E-state index in [1.165, 1.54) is 17.9 Å². The lowest BCUT2D eigenvalue weighted by molar-refractivity contribution is -0.385. The summed E-state index contributed by atoms with van der Waals surface area (Å²) in [6.07, 6.45) is -0.274. The van der Waals surface area contributed by atoms with Crippen LogP contribution in [0.15, 0.2) is 23.1 Å². The minimum absolute atomic E-state index is 0.0232. The monoisotopic (exact) mass is 453 g/mol. The van der Waals surface area contributed by atoms with Crippen molar-refractivity contribution in [3.63, 3.8) is 0 Å². The molecule has 1 aliphatic rings. The standard InChI is InChI=1S/C18H17F2N5O5S/c1-10-9-24(5-6-30-10)18-17(25(26)27)16(22-11(2)23-18)15(8-21)31(28,29)14-7-12(19)3-4-13(14)20/h3-4,7,10,15H,5-6,9H2,1-2H3. The lowest BCUT2D eigenvalue weighted by atomic mass is 10.2. The Balaban J connectivity index is 2.24. The van der Waals surface area contributed by atoms with E-state index >= 15 is 0 Å². The number of nitro groups is 1. The predicted molar refractivity (Wildman–Crippen MR) is 103 cm³/mol. The molecule has 2 unspecified atom stereocenters.